The molecule has 1 aliphatic rings. The summed E-state index contributed by atoms with van der Waals surface area (Å²) in [5.74, 6) is 2.06. The third-order valence-corrected chi connectivity index (χ3v) is 5.83. The Hall–Kier alpha value is -0.970. The Labute approximate surface area is 138 Å². The molecule has 0 spiro atoms. The van der Waals surface area contributed by atoms with Crippen molar-refractivity contribution in [2.75, 3.05) is 19.4 Å². The zero-order valence-corrected chi connectivity index (χ0v) is 14.3. The molecule has 2 aromatic rings. The molecule has 1 unspecified atom stereocenters. The maximum absolute atomic E-state index is 5.83. The Kier molecular flexibility index (Phi) is 4.88. The largest absolute Gasteiger partial charge is 0.493 e. The van der Waals surface area contributed by atoms with Crippen LogP contribution < -0.4 is 10.1 Å². The molecule has 1 N–H and O–H groups in total. The molecule has 110 valence electrons. The van der Waals surface area contributed by atoms with Crippen LogP contribution in [0.15, 0.2) is 51.8 Å². The normalized spacial score (nSPS) is 14.6. The quantitative estimate of drug-likeness (QED) is 0.793. The fourth-order valence-corrected chi connectivity index (χ4v) is 4.28. The lowest BCUT2D eigenvalue weighted by Gasteiger charge is -2.19. The van der Waals surface area contributed by atoms with E-state index < -0.39 is 0 Å². The molecule has 0 fully saturated rings. The Bertz CT molecular complexity index is 632. The van der Waals surface area contributed by atoms with Gasteiger partial charge in [0.05, 0.1) is 6.61 Å². The minimum absolute atomic E-state index is 0.287. The van der Waals surface area contributed by atoms with Crippen molar-refractivity contribution in [1.29, 1.82) is 0 Å². The molecule has 3 rings (SSSR count). The molecule has 0 radical (unpaired) electrons. The topological polar surface area (TPSA) is 21.3 Å². The molecule has 1 aliphatic heterocycles. The van der Waals surface area contributed by atoms with E-state index in [2.05, 4.69) is 57.6 Å². The van der Waals surface area contributed by atoms with E-state index in [4.69, 9.17) is 4.74 Å². The van der Waals surface area contributed by atoms with Gasteiger partial charge in [0.1, 0.15) is 5.75 Å². The molecular weight excluding hydrogens is 346 g/mol. The molecule has 1 atom stereocenters. The fourth-order valence-electron chi connectivity index (χ4n) is 2.58. The standard InChI is InChI=1S/C17H18BrNOS/c1-19-15(11-21-16-8-3-2-7-14(16)18)13-6-4-5-12-9-10-20-17(12)13/h2-8,15,19H,9-11H2,1H3. The number of ether oxygens (including phenoxy) is 1. The lowest BCUT2D eigenvalue weighted by atomic mass is 10.0. The van der Waals surface area contributed by atoms with Crippen LogP contribution in [0.5, 0.6) is 5.75 Å². The van der Waals surface area contributed by atoms with E-state index in [1.165, 1.54) is 16.0 Å². The van der Waals surface area contributed by atoms with E-state index in [1.54, 1.807) is 0 Å². The highest BCUT2D eigenvalue weighted by Gasteiger charge is 2.21. The molecule has 0 saturated heterocycles. The number of rotatable bonds is 5. The van der Waals surface area contributed by atoms with Gasteiger partial charge in [0.2, 0.25) is 0 Å². The minimum Gasteiger partial charge on any atom is -0.493 e. The Morgan fingerprint density at radius 2 is 2.10 bits per heavy atom. The first-order valence-electron chi connectivity index (χ1n) is 7.09. The van der Waals surface area contributed by atoms with E-state index >= 15 is 0 Å². The van der Waals surface area contributed by atoms with Gasteiger partial charge in [-0.15, -0.1) is 11.8 Å². The van der Waals surface area contributed by atoms with Crippen LogP contribution in [0, 0.1) is 0 Å². The number of hydrogen-bond acceptors (Lipinski definition) is 3. The van der Waals surface area contributed by atoms with Gasteiger partial charge in [-0.25, -0.2) is 0 Å². The average molecular weight is 364 g/mol. The number of halogens is 1. The van der Waals surface area contributed by atoms with Crippen LogP contribution in [0.1, 0.15) is 17.2 Å². The van der Waals surface area contributed by atoms with Crippen molar-refractivity contribution in [2.45, 2.75) is 17.4 Å². The van der Waals surface area contributed by atoms with Crippen LogP contribution in [0.3, 0.4) is 0 Å². The predicted molar refractivity (Wildman–Crippen MR) is 92.3 cm³/mol. The lowest BCUT2D eigenvalue weighted by Crippen LogP contribution is -2.19. The maximum Gasteiger partial charge on any atom is 0.127 e. The predicted octanol–water partition coefficient (Wildman–Crippen LogP) is 4.44. The molecule has 0 saturated carbocycles. The van der Waals surface area contributed by atoms with E-state index in [1.807, 2.05) is 24.9 Å². The molecular formula is C17H18BrNOS. The van der Waals surface area contributed by atoms with E-state index in [0.29, 0.717) is 0 Å². The summed E-state index contributed by atoms with van der Waals surface area (Å²) in [6.07, 6.45) is 1.02. The summed E-state index contributed by atoms with van der Waals surface area (Å²) in [4.78, 5) is 1.27. The second kappa shape index (κ2) is 6.86. The SMILES string of the molecule is CNC(CSc1ccccc1Br)c1cccc2c1OCC2. The van der Waals surface area contributed by atoms with Crippen molar-refractivity contribution in [3.63, 3.8) is 0 Å². The Morgan fingerprint density at radius 3 is 2.90 bits per heavy atom. The van der Waals surface area contributed by atoms with Crippen molar-refractivity contribution < 1.29 is 4.74 Å². The van der Waals surface area contributed by atoms with Crippen molar-refractivity contribution in [3.05, 3.63) is 58.1 Å². The fraction of sp³-hybridized carbons (Fsp3) is 0.294. The highest BCUT2D eigenvalue weighted by atomic mass is 79.9. The van der Waals surface area contributed by atoms with Crippen LogP contribution in [0.4, 0.5) is 0 Å². The molecule has 4 heteroatoms. The van der Waals surface area contributed by atoms with Crippen LogP contribution >= 0.6 is 27.7 Å². The highest BCUT2D eigenvalue weighted by molar-refractivity contribution is 9.10. The number of nitrogens with one attached hydrogen (secondary N) is 1. The number of thioether (sulfide) groups is 1. The van der Waals surface area contributed by atoms with Crippen LogP contribution in [0.25, 0.3) is 0 Å². The summed E-state index contributed by atoms with van der Waals surface area (Å²) in [5, 5.41) is 3.42. The number of fused-ring (bicyclic) bond motifs is 1. The minimum atomic E-state index is 0.287. The monoisotopic (exact) mass is 363 g/mol. The van der Waals surface area contributed by atoms with Crippen molar-refractivity contribution in [3.8, 4) is 5.75 Å². The van der Waals surface area contributed by atoms with Gasteiger partial charge in [0, 0.05) is 33.1 Å². The average Bonchev–Trinajstić information content (AvgIpc) is 2.98. The molecule has 0 amide bonds. The molecule has 0 aromatic heterocycles. The summed E-state index contributed by atoms with van der Waals surface area (Å²) in [7, 11) is 2.01. The summed E-state index contributed by atoms with van der Waals surface area (Å²) >= 11 is 5.46. The van der Waals surface area contributed by atoms with Gasteiger partial charge >= 0.3 is 0 Å². The molecule has 2 nitrogen and oxygen atoms in total. The van der Waals surface area contributed by atoms with Gasteiger partial charge in [-0.05, 0) is 40.7 Å². The van der Waals surface area contributed by atoms with Gasteiger partial charge in [-0.1, -0.05) is 30.3 Å². The van der Waals surface area contributed by atoms with Crippen LogP contribution in [-0.2, 0) is 6.42 Å². The van der Waals surface area contributed by atoms with E-state index in [9.17, 15) is 0 Å². The molecule has 0 bridgehead atoms. The number of para-hydroxylation sites is 1. The van der Waals surface area contributed by atoms with Crippen LogP contribution in [-0.4, -0.2) is 19.4 Å². The summed E-state index contributed by atoms with van der Waals surface area (Å²) in [6.45, 7) is 0.806. The van der Waals surface area contributed by atoms with Crippen molar-refractivity contribution in [1.82, 2.24) is 5.32 Å². The highest BCUT2D eigenvalue weighted by Crippen LogP contribution is 2.36. The Morgan fingerprint density at radius 1 is 1.24 bits per heavy atom. The maximum atomic E-state index is 5.83. The second-order valence-corrected chi connectivity index (χ2v) is 6.93. The second-order valence-electron chi connectivity index (χ2n) is 5.02. The summed E-state index contributed by atoms with van der Waals surface area (Å²) in [5.41, 5.74) is 2.60. The Balaban J connectivity index is 1.77. The smallest absolute Gasteiger partial charge is 0.127 e. The first kappa shape index (κ1) is 14.9. The van der Waals surface area contributed by atoms with Gasteiger partial charge in [0.25, 0.3) is 0 Å². The zero-order valence-electron chi connectivity index (χ0n) is 11.9. The number of benzene rings is 2. The zero-order chi connectivity index (χ0) is 14.7. The summed E-state index contributed by atoms with van der Waals surface area (Å²) < 4.78 is 6.98. The van der Waals surface area contributed by atoms with Crippen molar-refractivity contribution in [2.24, 2.45) is 0 Å². The third-order valence-electron chi connectivity index (χ3n) is 3.71. The van der Waals surface area contributed by atoms with E-state index in [0.717, 1.165) is 29.0 Å². The molecule has 2 aromatic carbocycles. The van der Waals surface area contributed by atoms with Crippen molar-refractivity contribution >= 4 is 27.7 Å². The van der Waals surface area contributed by atoms with Crippen LogP contribution in [0.2, 0.25) is 0 Å². The first-order valence-corrected chi connectivity index (χ1v) is 8.86. The van der Waals surface area contributed by atoms with Gasteiger partial charge in [0.15, 0.2) is 0 Å². The van der Waals surface area contributed by atoms with Gasteiger partial charge < -0.3 is 10.1 Å². The van der Waals surface area contributed by atoms with E-state index in [-0.39, 0.29) is 6.04 Å². The first-order chi connectivity index (χ1) is 10.3. The van der Waals surface area contributed by atoms with Gasteiger partial charge in [-0.3, -0.25) is 0 Å². The molecule has 1 heterocycles. The van der Waals surface area contributed by atoms with Gasteiger partial charge in [-0.2, -0.15) is 0 Å². The molecule has 21 heavy (non-hydrogen) atoms. The molecule has 0 aliphatic carbocycles. The summed E-state index contributed by atoms with van der Waals surface area (Å²) in [6, 6.07) is 15.1. The lowest BCUT2D eigenvalue weighted by molar-refractivity contribution is 0.350. The third kappa shape index (κ3) is 3.28. The number of hydrogen-bond donors (Lipinski definition) is 1.